The lowest BCUT2D eigenvalue weighted by Crippen LogP contribution is -2.61. The molecule has 0 bridgehead atoms. The second-order valence-corrected chi connectivity index (χ2v) is 26.1. The predicted molar refractivity (Wildman–Crippen MR) is 313 cm³/mol. The van der Waals surface area contributed by atoms with Crippen LogP contribution in [0.2, 0.25) is 21.3 Å². The minimum Gasteiger partial charge on any atom is -0.452 e. The third kappa shape index (κ3) is 11.2. The molecule has 0 saturated carbocycles. The van der Waals surface area contributed by atoms with Crippen LogP contribution in [0.3, 0.4) is 0 Å². The number of hydrogen-bond acceptors (Lipinski definition) is 10. The Kier molecular flexibility index (Phi) is 14.2. The van der Waals surface area contributed by atoms with Crippen molar-refractivity contribution in [3.8, 4) is 5.82 Å². The van der Waals surface area contributed by atoms with E-state index < -0.39 is 42.7 Å². The van der Waals surface area contributed by atoms with E-state index in [0.717, 1.165) is 61.7 Å². The lowest BCUT2D eigenvalue weighted by Gasteiger charge is -2.42. The number of anilines is 4. The van der Waals surface area contributed by atoms with Gasteiger partial charge in [0.1, 0.15) is 12.5 Å². The third-order valence-electron chi connectivity index (χ3n) is 14.2. The zero-order valence-electron chi connectivity index (χ0n) is 46.9. The van der Waals surface area contributed by atoms with Crippen molar-refractivity contribution in [3.63, 3.8) is 0 Å². The minimum absolute atomic E-state index is 0.00623. The minimum atomic E-state index is -0.734. The summed E-state index contributed by atoms with van der Waals surface area (Å²) in [5.41, 5.74) is 11.5. The predicted octanol–water partition coefficient (Wildman–Crippen LogP) is 13.1. The Morgan fingerprint density at radius 3 is 1.52 bits per heavy atom. The molecule has 3 aliphatic heterocycles. The summed E-state index contributed by atoms with van der Waals surface area (Å²) >= 11 is 0. The van der Waals surface area contributed by atoms with Crippen LogP contribution in [0, 0.1) is 0 Å². The number of nitrogens with zero attached hydrogens (tertiary/aromatic N) is 4. The number of pyridine rings is 1. The van der Waals surface area contributed by atoms with Crippen LogP contribution in [0.5, 0.6) is 0 Å². The van der Waals surface area contributed by atoms with Crippen LogP contribution >= 0.6 is 0 Å². The highest BCUT2D eigenvalue weighted by Crippen LogP contribution is 2.45. The van der Waals surface area contributed by atoms with Crippen molar-refractivity contribution in [1.82, 2.24) is 9.55 Å². The molecule has 384 valence electrons. The van der Waals surface area contributed by atoms with E-state index in [1.165, 1.54) is 16.3 Å². The Morgan fingerprint density at radius 1 is 0.467 bits per heavy atom. The van der Waals surface area contributed by atoms with Crippen molar-refractivity contribution in [3.05, 3.63) is 144 Å². The molecule has 0 atom stereocenters. The summed E-state index contributed by atoms with van der Waals surface area (Å²) < 4.78 is 49.0. The number of fused-ring (bicyclic) bond motifs is 4. The number of aromatic nitrogens is 2. The average Bonchev–Trinajstić information content (AvgIpc) is 3.91. The van der Waals surface area contributed by atoms with E-state index in [-0.39, 0.29) is 26.7 Å². The standard InChI is InChI=1S/C58H72B6N4O7/c1-54(2,3)42-29-30-65-53(33-42)68-49-24-17-16-23-47(49)48-28-27-41(32-52(48)68)38-69-37-40-21-20-22-45(31-40)66-39-67(51-26-19-18-25-50(51)66)46-35-43(59-70-61(55(4,5)6)74-62(71-59)56(7,8)9)34-44(36-46)60-72-63(57(10,11)12)75-64(73-60)58(13,14)15/h16-36H,37-39H2,1-15H3. The van der Waals surface area contributed by atoms with Gasteiger partial charge in [0.05, 0.1) is 35.6 Å². The van der Waals surface area contributed by atoms with E-state index in [4.69, 9.17) is 37.2 Å². The summed E-state index contributed by atoms with van der Waals surface area (Å²) in [6.07, 6.45) is 1.93. The van der Waals surface area contributed by atoms with Crippen molar-refractivity contribution in [2.24, 2.45) is 0 Å². The average molecular weight is 1000 g/mol. The maximum absolute atomic E-state index is 6.78. The monoisotopic (exact) mass is 1000 g/mol. The molecule has 11 nitrogen and oxygen atoms in total. The molecule has 7 aromatic rings. The molecule has 5 aromatic carbocycles. The lowest BCUT2D eigenvalue weighted by atomic mass is 9.49. The van der Waals surface area contributed by atoms with Crippen molar-refractivity contribution in [2.45, 2.75) is 144 Å². The van der Waals surface area contributed by atoms with E-state index in [1.807, 2.05) is 6.20 Å². The molecule has 2 fully saturated rings. The molecular formula is C58H72B6N4O7. The highest BCUT2D eigenvalue weighted by molar-refractivity contribution is 6.83. The third-order valence-corrected chi connectivity index (χ3v) is 14.2. The van der Waals surface area contributed by atoms with Crippen molar-refractivity contribution in [2.75, 3.05) is 16.5 Å². The van der Waals surface area contributed by atoms with Gasteiger partial charge in [0.25, 0.3) is 0 Å². The molecular weight excluding hydrogens is 930 g/mol. The zero-order chi connectivity index (χ0) is 53.4. The largest absolute Gasteiger partial charge is 0.466 e. The molecule has 10 rings (SSSR count). The Hall–Kier alpha value is -5.24. The fraction of sp³-hybridized carbons (Fsp3) is 0.397. The molecule has 0 spiro atoms. The number of para-hydroxylation sites is 3. The first-order chi connectivity index (χ1) is 35.3. The summed E-state index contributed by atoms with van der Waals surface area (Å²) in [5, 5.41) is 1.12. The van der Waals surface area contributed by atoms with E-state index in [9.17, 15) is 0 Å². The zero-order valence-corrected chi connectivity index (χ0v) is 46.9. The molecule has 0 N–H and O–H groups in total. The Labute approximate surface area is 448 Å². The summed E-state index contributed by atoms with van der Waals surface area (Å²) in [6.45, 7) is 33.8. The number of ether oxygens (including phenoxy) is 1. The molecule has 75 heavy (non-hydrogen) atoms. The van der Waals surface area contributed by atoms with Gasteiger partial charge in [-0.3, -0.25) is 4.57 Å². The first kappa shape index (κ1) is 53.2. The van der Waals surface area contributed by atoms with Gasteiger partial charge >= 0.3 is 42.7 Å². The summed E-state index contributed by atoms with van der Waals surface area (Å²) in [4.78, 5) is 9.59. The fourth-order valence-corrected chi connectivity index (χ4v) is 10.0. The fourth-order valence-electron chi connectivity index (χ4n) is 10.0. The molecule has 0 unspecified atom stereocenters. The van der Waals surface area contributed by atoms with Crippen LogP contribution in [0.15, 0.2) is 128 Å². The normalized spacial score (nSPS) is 16.3. The van der Waals surface area contributed by atoms with Gasteiger partial charge in [0.15, 0.2) is 0 Å². The Bertz CT molecular complexity index is 3100. The van der Waals surface area contributed by atoms with E-state index in [1.54, 1.807) is 0 Å². The smallest absolute Gasteiger partial charge is 0.452 e. The van der Waals surface area contributed by atoms with Crippen LogP contribution in [0.25, 0.3) is 27.6 Å². The van der Waals surface area contributed by atoms with Crippen LogP contribution in [0.4, 0.5) is 22.7 Å². The maximum atomic E-state index is 6.78. The molecule has 3 aliphatic rings. The first-order valence-corrected chi connectivity index (χ1v) is 26.7. The highest BCUT2D eigenvalue weighted by Gasteiger charge is 2.53. The molecule has 17 heteroatoms. The molecule has 0 aliphatic carbocycles. The second kappa shape index (κ2) is 20.0. The number of hydrogen-bond donors (Lipinski definition) is 0. The summed E-state index contributed by atoms with van der Waals surface area (Å²) in [6, 6.07) is 43.3. The Balaban J connectivity index is 0.950. The summed E-state index contributed by atoms with van der Waals surface area (Å²) in [5.74, 6) is 0.912. The maximum Gasteiger partial charge on any atom is 0.466 e. The van der Waals surface area contributed by atoms with Gasteiger partial charge < -0.3 is 42.0 Å². The second-order valence-electron chi connectivity index (χ2n) is 26.1. The quantitative estimate of drug-likeness (QED) is 0.130. The molecule has 2 aromatic heterocycles. The summed E-state index contributed by atoms with van der Waals surface area (Å²) in [7, 11) is -3.55. The van der Waals surface area contributed by atoms with Gasteiger partial charge in [-0.1, -0.05) is 165 Å². The van der Waals surface area contributed by atoms with E-state index >= 15 is 0 Å². The van der Waals surface area contributed by atoms with Gasteiger partial charge in [-0.25, -0.2) is 4.98 Å². The van der Waals surface area contributed by atoms with E-state index in [0.29, 0.717) is 19.9 Å². The molecule has 2 saturated heterocycles. The molecule has 5 heterocycles. The number of benzene rings is 5. The van der Waals surface area contributed by atoms with Gasteiger partial charge in [0, 0.05) is 28.3 Å². The topological polar surface area (TPSA) is 88.9 Å². The highest BCUT2D eigenvalue weighted by atomic mass is 16.7. The van der Waals surface area contributed by atoms with Crippen molar-refractivity contribution in [1.29, 1.82) is 0 Å². The SMILES string of the molecule is CC(C)(C)B1OB(c2cc(B3OB(C(C)(C)C)OB(C(C)(C)C)O3)cc(N3CN(c4cccc(COCc5ccc6c7ccccc7n(-c7cc(C(C)(C)C)ccn7)c6c5)c4)c4ccccc43)c2)OB(C(C)(C)C)O1. The van der Waals surface area contributed by atoms with Crippen LogP contribution in [0.1, 0.15) is 121 Å². The molecule has 0 radical (unpaired) electrons. The van der Waals surface area contributed by atoms with Crippen molar-refractivity contribution >= 4 is 98.2 Å². The van der Waals surface area contributed by atoms with Crippen LogP contribution in [-0.2, 0) is 50.8 Å². The van der Waals surface area contributed by atoms with Crippen LogP contribution < -0.4 is 20.7 Å². The van der Waals surface area contributed by atoms with E-state index in [2.05, 4.69) is 240 Å². The Morgan fingerprint density at radius 2 is 0.973 bits per heavy atom. The first-order valence-electron chi connectivity index (χ1n) is 26.7. The molecule has 0 amide bonds. The lowest BCUT2D eigenvalue weighted by molar-refractivity contribution is 0.107. The van der Waals surface area contributed by atoms with Gasteiger partial charge in [0.2, 0.25) is 0 Å². The van der Waals surface area contributed by atoms with Gasteiger partial charge in [-0.05, 0) is 115 Å². The van der Waals surface area contributed by atoms with Crippen LogP contribution in [-0.4, -0.2) is 58.9 Å². The van der Waals surface area contributed by atoms with Gasteiger partial charge in [-0.2, -0.15) is 0 Å². The van der Waals surface area contributed by atoms with Gasteiger partial charge in [-0.15, -0.1) is 0 Å². The van der Waals surface area contributed by atoms with Crippen molar-refractivity contribution < 1.29 is 32.2 Å². The number of rotatable bonds is 9.